The molecule has 3 N–H and O–H groups in total. The van der Waals surface area contributed by atoms with E-state index < -0.39 is 0 Å². The van der Waals surface area contributed by atoms with Gasteiger partial charge in [-0.05, 0) is 43.9 Å². The first-order valence-electron chi connectivity index (χ1n) is 6.18. The molecule has 1 aromatic rings. The average Bonchev–Trinajstić information content (AvgIpc) is 3.19. The number of benzene rings is 1. The van der Waals surface area contributed by atoms with Crippen molar-refractivity contribution in [2.45, 2.75) is 19.8 Å². The Morgan fingerprint density at radius 3 is 2.83 bits per heavy atom. The second kappa shape index (κ2) is 5.61. The van der Waals surface area contributed by atoms with Gasteiger partial charge in [0.1, 0.15) is 0 Å². The fraction of sp³-hybridized carbons (Fsp3) is 0.462. The lowest BCUT2D eigenvalue weighted by Crippen LogP contribution is -2.28. The topological polar surface area (TPSA) is 61.8 Å². The molecule has 1 saturated carbocycles. The van der Waals surface area contributed by atoms with E-state index in [2.05, 4.69) is 32.9 Å². The van der Waals surface area contributed by atoms with Crippen LogP contribution in [0.25, 0.3) is 0 Å². The second-order valence-corrected chi connectivity index (χ2v) is 5.54. The van der Waals surface area contributed by atoms with Gasteiger partial charge in [-0.2, -0.15) is 0 Å². The minimum absolute atomic E-state index is 0.159. The van der Waals surface area contributed by atoms with Crippen LogP contribution in [0.4, 0.5) is 5.69 Å². The SMILES string of the molecule is CCN(CC1CC1)c1cc(Br)ccc1/C(N)=N/O. The van der Waals surface area contributed by atoms with Crippen LogP contribution in [-0.4, -0.2) is 24.1 Å². The van der Waals surface area contributed by atoms with E-state index in [1.54, 1.807) is 0 Å². The van der Waals surface area contributed by atoms with Gasteiger partial charge in [-0.1, -0.05) is 21.1 Å². The second-order valence-electron chi connectivity index (χ2n) is 4.63. The summed E-state index contributed by atoms with van der Waals surface area (Å²) in [5.41, 5.74) is 7.55. The summed E-state index contributed by atoms with van der Waals surface area (Å²) in [6.45, 7) is 4.08. The lowest BCUT2D eigenvalue weighted by atomic mass is 10.1. The Morgan fingerprint density at radius 1 is 1.56 bits per heavy atom. The van der Waals surface area contributed by atoms with Crippen LogP contribution in [0.1, 0.15) is 25.3 Å². The molecule has 0 unspecified atom stereocenters. The number of rotatable bonds is 5. The standard InChI is InChI=1S/C13H18BrN3O/c1-2-17(8-9-3-4-9)12-7-10(14)5-6-11(12)13(15)16-18/h5-7,9,18H,2-4,8H2,1H3,(H2,15,16). The maximum atomic E-state index is 8.86. The third kappa shape index (κ3) is 2.96. The number of halogens is 1. The van der Waals surface area contributed by atoms with Crippen molar-refractivity contribution in [2.75, 3.05) is 18.0 Å². The van der Waals surface area contributed by atoms with Gasteiger partial charge < -0.3 is 15.8 Å². The van der Waals surface area contributed by atoms with E-state index in [-0.39, 0.29) is 5.84 Å². The largest absolute Gasteiger partial charge is 0.409 e. The van der Waals surface area contributed by atoms with Crippen LogP contribution < -0.4 is 10.6 Å². The van der Waals surface area contributed by atoms with Gasteiger partial charge in [0, 0.05) is 28.8 Å². The number of oxime groups is 1. The van der Waals surface area contributed by atoms with Crippen molar-refractivity contribution >= 4 is 27.5 Å². The number of hydrogen-bond acceptors (Lipinski definition) is 3. The highest BCUT2D eigenvalue weighted by Crippen LogP contribution is 2.33. The van der Waals surface area contributed by atoms with Gasteiger partial charge >= 0.3 is 0 Å². The molecule has 0 spiro atoms. The fourth-order valence-corrected chi connectivity index (χ4v) is 2.40. The minimum Gasteiger partial charge on any atom is -0.409 e. The molecule has 4 nitrogen and oxygen atoms in total. The first-order chi connectivity index (χ1) is 8.65. The lowest BCUT2D eigenvalue weighted by Gasteiger charge is -2.25. The van der Waals surface area contributed by atoms with E-state index >= 15 is 0 Å². The average molecular weight is 312 g/mol. The summed E-state index contributed by atoms with van der Waals surface area (Å²) in [5.74, 6) is 0.954. The normalized spacial score (nSPS) is 15.8. The van der Waals surface area contributed by atoms with E-state index in [0.29, 0.717) is 0 Å². The first-order valence-corrected chi connectivity index (χ1v) is 6.97. The van der Waals surface area contributed by atoms with Crippen molar-refractivity contribution in [1.29, 1.82) is 0 Å². The summed E-state index contributed by atoms with van der Waals surface area (Å²) in [4.78, 5) is 2.29. The molecule has 0 heterocycles. The zero-order chi connectivity index (χ0) is 13.1. The van der Waals surface area contributed by atoms with Gasteiger partial charge in [-0.3, -0.25) is 0 Å². The molecule has 2 rings (SSSR count). The predicted octanol–water partition coefficient (Wildman–Crippen LogP) is 2.78. The zero-order valence-electron chi connectivity index (χ0n) is 10.4. The Morgan fingerprint density at radius 2 is 2.28 bits per heavy atom. The molecular weight excluding hydrogens is 294 g/mol. The molecular formula is C13H18BrN3O. The first kappa shape index (κ1) is 13.2. The van der Waals surface area contributed by atoms with Crippen LogP contribution in [0.2, 0.25) is 0 Å². The van der Waals surface area contributed by atoms with Gasteiger partial charge in [0.2, 0.25) is 0 Å². The number of nitrogens with zero attached hydrogens (tertiary/aromatic N) is 2. The summed E-state index contributed by atoms with van der Waals surface area (Å²) < 4.78 is 1.00. The van der Waals surface area contributed by atoms with Crippen molar-refractivity contribution in [3.05, 3.63) is 28.2 Å². The van der Waals surface area contributed by atoms with E-state index in [4.69, 9.17) is 10.9 Å². The van der Waals surface area contributed by atoms with Crippen molar-refractivity contribution in [2.24, 2.45) is 16.8 Å². The molecule has 1 aliphatic rings. The number of nitrogens with two attached hydrogens (primary N) is 1. The van der Waals surface area contributed by atoms with Gasteiger partial charge in [0.25, 0.3) is 0 Å². The van der Waals surface area contributed by atoms with Gasteiger partial charge in [0.05, 0.1) is 0 Å². The zero-order valence-corrected chi connectivity index (χ0v) is 12.0. The third-order valence-electron chi connectivity index (χ3n) is 3.24. The number of anilines is 1. The van der Waals surface area contributed by atoms with Crippen molar-refractivity contribution < 1.29 is 5.21 Å². The molecule has 0 aromatic heterocycles. The van der Waals surface area contributed by atoms with Crippen LogP contribution in [0.3, 0.4) is 0 Å². The Bertz CT molecular complexity index is 458. The summed E-state index contributed by atoms with van der Waals surface area (Å²) in [5, 5.41) is 12.0. The fourth-order valence-electron chi connectivity index (χ4n) is 2.05. The third-order valence-corrected chi connectivity index (χ3v) is 3.73. The molecule has 1 aromatic carbocycles. The maximum absolute atomic E-state index is 8.86. The van der Waals surface area contributed by atoms with E-state index in [1.807, 2.05) is 18.2 Å². The smallest absolute Gasteiger partial charge is 0.172 e. The highest BCUT2D eigenvalue weighted by atomic mass is 79.9. The quantitative estimate of drug-likeness (QED) is 0.380. The predicted molar refractivity (Wildman–Crippen MR) is 77.3 cm³/mol. The van der Waals surface area contributed by atoms with E-state index in [1.165, 1.54) is 12.8 Å². The van der Waals surface area contributed by atoms with Crippen molar-refractivity contribution in [3.8, 4) is 0 Å². The molecule has 5 heteroatoms. The molecule has 1 fully saturated rings. The number of hydrogen-bond donors (Lipinski definition) is 2. The van der Waals surface area contributed by atoms with Gasteiger partial charge in [-0.15, -0.1) is 0 Å². The number of amidine groups is 1. The summed E-state index contributed by atoms with van der Waals surface area (Å²) in [6.07, 6.45) is 2.62. The molecule has 0 radical (unpaired) electrons. The molecule has 0 saturated heterocycles. The Labute approximate surface area is 116 Å². The summed E-state index contributed by atoms with van der Waals surface area (Å²) >= 11 is 3.48. The van der Waals surface area contributed by atoms with Gasteiger partial charge in [0.15, 0.2) is 5.84 Å². The lowest BCUT2D eigenvalue weighted by molar-refractivity contribution is 0.318. The van der Waals surface area contributed by atoms with Crippen LogP contribution in [0.5, 0.6) is 0 Å². The minimum atomic E-state index is 0.159. The Kier molecular flexibility index (Phi) is 4.11. The highest BCUT2D eigenvalue weighted by Gasteiger charge is 2.25. The van der Waals surface area contributed by atoms with E-state index in [0.717, 1.165) is 34.7 Å². The monoisotopic (exact) mass is 311 g/mol. The highest BCUT2D eigenvalue weighted by molar-refractivity contribution is 9.10. The molecule has 0 amide bonds. The van der Waals surface area contributed by atoms with Gasteiger partial charge in [-0.25, -0.2) is 0 Å². The molecule has 18 heavy (non-hydrogen) atoms. The molecule has 98 valence electrons. The van der Waals surface area contributed by atoms with Crippen LogP contribution in [0.15, 0.2) is 27.8 Å². The van der Waals surface area contributed by atoms with Crippen molar-refractivity contribution in [3.63, 3.8) is 0 Å². The van der Waals surface area contributed by atoms with Crippen LogP contribution in [-0.2, 0) is 0 Å². The summed E-state index contributed by atoms with van der Waals surface area (Å²) in [7, 11) is 0. The summed E-state index contributed by atoms with van der Waals surface area (Å²) in [6, 6.07) is 5.81. The molecule has 1 aliphatic carbocycles. The van der Waals surface area contributed by atoms with Crippen molar-refractivity contribution in [1.82, 2.24) is 0 Å². The Balaban J connectivity index is 2.35. The molecule has 0 bridgehead atoms. The molecule has 0 atom stereocenters. The van der Waals surface area contributed by atoms with Crippen LogP contribution >= 0.6 is 15.9 Å². The maximum Gasteiger partial charge on any atom is 0.172 e. The molecule has 0 aliphatic heterocycles. The van der Waals surface area contributed by atoms with E-state index in [9.17, 15) is 0 Å². The van der Waals surface area contributed by atoms with Crippen LogP contribution in [0, 0.1) is 5.92 Å². The Hall–Kier alpha value is -1.23.